The van der Waals surface area contributed by atoms with E-state index in [1.807, 2.05) is 91.9 Å². The number of hydrogen-bond acceptors (Lipinski definition) is 9. The summed E-state index contributed by atoms with van der Waals surface area (Å²) in [6, 6.07) is 27.4. The highest BCUT2D eigenvalue weighted by Gasteiger charge is 2.63. The number of anilines is 1. The zero-order valence-electron chi connectivity index (χ0n) is 25.6. The Hall–Kier alpha value is -5.02. The molecule has 4 atom stereocenters. The molecule has 3 N–H and O–H groups in total. The Morgan fingerprint density at radius 3 is 2.17 bits per heavy atom. The van der Waals surface area contributed by atoms with E-state index in [2.05, 4.69) is 16.2 Å². The number of nitrogens with zero attached hydrogens (tertiary/aromatic N) is 4. The third-order valence-electron chi connectivity index (χ3n) is 8.60. The van der Waals surface area contributed by atoms with Crippen molar-refractivity contribution < 1.29 is 28.8 Å². The maximum Gasteiger partial charge on any atom is 0.247 e. The Labute approximate surface area is 265 Å². The molecule has 0 amide bonds. The fourth-order valence-corrected chi connectivity index (χ4v) is 6.02. The highest BCUT2D eigenvalue weighted by atomic mass is 19.2. The van der Waals surface area contributed by atoms with Gasteiger partial charge in [0.1, 0.15) is 17.9 Å². The molecule has 1 fully saturated rings. The van der Waals surface area contributed by atoms with E-state index in [0.717, 1.165) is 16.7 Å². The average molecular weight is 624 g/mol. The molecule has 3 aromatic carbocycles. The van der Waals surface area contributed by atoms with Crippen molar-refractivity contribution in [3.63, 3.8) is 0 Å². The van der Waals surface area contributed by atoms with Crippen molar-refractivity contribution in [2.24, 2.45) is 5.92 Å². The zero-order valence-corrected chi connectivity index (χ0v) is 25.6. The minimum absolute atomic E-state index is 0.144. The van der Waals surface area contributed by atoms with E-state index < -0.39 is 35.7 Å². The largest absolute Gasteiger partial charge is 0.497 e. The van der Waals surface area contributed by atoms with E-state index in [4.69, 9.17) is 30.6 Å². The van der Waals surface area contributed by atoms with Crippen LogP contribution in [0.25, 0.3) is 11.2 Å². The molecule has 0 bridgehead atoms. The van der Waals surface area contributed by atoms with E-state index in [9.17, 15) is 10.2 Å². The summed E-state index contributed by atoms with van der Waals surface area (Å²) in [6.45, 7) is 2.45. The number of aromatic nitrogens is 4. The van der Waals surface area contributed by atoms with E-state index in [0.29, 0.717) is 5.75 Å². The first-order chi connectivity index (χ1) is 22.2. The number of rotatable bonds is 10. The maximum absolute atomic E-state index is 15.6. The monoisotopic (exact) mass is 623 g/mol. The van der Waals surface area contributed by atoms with Gasteiger partial charge in [-0.3, -0.25) is 4.57 Å². The Morgan fingerprint density at radius 1 is 1.02 bits per heavy atom. The van der Waals surface area contributed by atoms with E-state index in [1.54, 1.807) is 7.11 Å². The van der Waals surface area contributed by atoms with Gasteiger partial charge in [-0.15, -0.1) is 6.42 Å². The van der Waals surface area contributed by atoms with Crippen LogP contribution in [0.1, 0.15) is 36.8 Å². The molecule has 46 heavy (non-hydrogen) atoms. The molecule has 0 saturated carbocycles. The Morgan fingerprint density at radius 2 is 1.63 bits per heavy atom. The first-order valence-electron chi connectivity index (χ1n) is 14.8. The third-order valence-corrected chi connectivity index (χ3v) is 8.60. The molecule has 236 valence electrons. The first kappa shape index (κ1) is 31.0. The summed E-state index contributed by atoms with van der Waals surface area (Å²) in [5, 5.41) is 24.9. The van der Waals surface area contributed by atoms with Gasteiger partial charge in [0.15, 0.2) is 23.0 Å². The molecule has 3 heterocycles. The van der Waals surface area contributed by atoms with Gasteiger partial charge in [-0.05, 0) is 35.7 Å². The number of imidazole rings is 1. The molecular formula is C35H34FN5O5. The van der Waals surface area contributed by atoms with Crippen LogP contribution in [0, 0.1) is 18.3 Å². The summed E-state index contributed by atoms with van der Waals surface area (Å²) in [7, 11) is 1.61. The number of aliphatic hydroxyl groups excluding tert-OH is 1. The summed E-state index contributed by atoms with van der Waals surface area (Å²) in [5.41, 5.74) is -0.115. The minimum atomic E-state index is -2.61. The summed E-state index contributed by atoms with van der Waals surface area (Å²) >= 11 is 0. The number of halogens is 1. The Balaban J connectivity index is 1.59. The van der Waals surface area contributed by atoms with Gasteiger partial charge in [-0.1, -0.05) is 85.6 Å². The number of fused-ring (bicyclic) bond motifs is 1. The molecule has 1 aliphatic rings. The maximum atomic E-state index is 15.6. The van der Waals surface area contributed by atoms with Gasteiger partial charge in [0.2, 0.25) is 17.7 Å². The number of alkyl halides is 1. The van der Waals surface area contributed by atoms with E-state index in [-0.39, 0.29) is 29.6 Å². The molecule has 6 rings (SSSR count). The van der Waals surface area contributed by atoms with E-state index in [1.165, 1.54) is 17.8 Å². The van der Waals surface area contributed by atoms with E-state index >= 15 is 4.39 Å². The van der Waals surface area contributed by atoms with Crippen molar-refractivity contribution in [1.82, 2.24) is 19.5 Å². The number of methoxy groups -OCH3 is 1. The average Bonchev–Trinajstić information content (AvgIpc) is 3.61. The van der Waals surface area contributed by atoms with Gasteiger partial charge in [0, 0.05) is 0 Å². The summed E-state index contributed by atoms with van der Waals surface area (Å²) < 4.78 is 34.0. The van der Waals surface area contributed by atoms with Crippen molar-refractivity contribution in [3.8, 4) is 24.0 Å². The van der Waals surface area contributed by atoms with Crippen LogP contribution < -0.4 is 14.8 Å². The molecular weight excluding hydrogens is 589 g/mol. The first-order valence-corrected chi connectivity index (χ1v) is 14.8. The molecule has 1 aliphatic heterocycles. The standard InChI is InChI=1S/C35H34FN5O5/c1-5-33(43)23(3)34(36,21-42)46-31(33)41-22-37-28-29(41)38-32(39-30(28)45-6-2)40-35(24-13-9-7-10-14-24,25-15-11-8-12-16-25)26-17-19-27(44-4)20-18-26/h1,7-20,22-23,31,42-43H,6,21H2,2-4H3,(H,38,39,40)/t23-,31+,33+,34+/m0/s1. The fraction of sp³-hybridized carbons (Fsp3) is 0.286. The molecule has 0 aliphatic carbocycles. The molecule has 0 radical (unpaired) electrons. The molecule has 1 saturated heterocycles. The fourth-order valence-electron chi connectivity index (χ4n) is 6.02. The lowest BCUT2D eigenvalue weighted by molar-refractivity contribution is -0.192. The number of ether oxygens (including phenoxy) is 3. The Bertz CT molecular complexity index is 1820. The lowest BCUT2D eigenvalue weighted by atomic mass is 9.77. The zero-order chi connectivity index (χ0) is 32.5. The van der Waals surface area contributed by atoms with Crippen LogP contribution in [0.2, 0.25) is 0 Å². The van der Waals surface area contributed by atoms with Crippen LogP contribution in [0.15, 0.2) is 91.3 Å². The van der Waals surface area contributed by atoms with Crippen LogP contribution in [-0.4, -0.2) is 61.5 Å². The predicted molar refractivity (Wildman–Crippen MR) is 170 cm³/mol. The second kappa shape index (κ2) is 12.1. The molecule has 0 unspecified atom stereocenters. The van der Waals surface area contributed by atoms with Crippen molar-refractivity contribution in [2.75, 3.05) is 25.6 Å². The smallest absolute Gasteiger partial charge is 0.247 e. The second-order valence-electron chi connectivity index (χ2n) is 11.1. The Kier molecular flexibility index (Phi) is 8.12. The van der Waals surface area contributed by atoms with Crippen molar-refractivity contribution >= 4 is 17.1 Å². The molecule has 10 nitrogen and oxygen atoms in total. The van der Waals surface area contributed by atoms with Gasteiger partial charge in [0.25, 0.3) is 0 Å². The lowest BCUT2D eigenvalue weighted by Crippen LogP contribution is -2.43. The van der Waals surface area contributed by atoms with Gasteiger partial charge in [-0.2, -0.15) is 9.97 Å². The summed E-state index contributed by atoms with van der Waals surface area (Å²) in [5.74, 6) is -0.613. The highest BCUT2D eigenvalue weighted by Crippen LogP contribution is 2.50. The van der Waals surface area contributed by atoms with Crippen LogP contribution in [0.4, 0.5) is 10.3 Å². The second-order valence-corrected chi connectivity index (χ2v) is 11.1. The van der Waals surface area contributed by atoms with Crippen LogP contribution in [0.5, 0.6) is 11.6 Å². The highest BCUT2D eigenvalue weighted by molar-refractivity contribution is 5.78. The van der Waals surface area contributed by atoms with Crippen molar-refractivity contribution in [2.45, 2.75) is 37.1 Å². The SMILES string of the molecule is C#C[C@]1(O)[C@H](n2cnc3c(OCC)nc(NC(c4ccccc4)(c4ccccc4)c4ccc(OC)cc4)nc32)O[C@](F)(CO)[C@H]1C. The molecule has 11 heteroatoms. The number of nitrogens with one attached hydrogen (secondary N) is 1. The third kappa shape index (κ3) is 4.91. The molecule has 2 aromatic heterocycles. The van der Waals surface area contributed by atoms with Crippen molar-refractivity contribution in [3.05, 3.63) is 108 Å². The van der Waals surface area contributed by atoms with Gasteiger partial charge < -0.3 is 29.7 Å². The van der Waals surface area contributed by atoms with Gasteiger partial charge >= 0.3 is 0 Å². The predicted octanol–water partition coefficient (Wildman–Crippen LogP) is 4.82. The number of aliphatic hydroxyl groups is 2. The number of benzene rings is 3. The molecule has 5 aromatic rings. The summed E-state index contributed by atoms with van der Waals surface area (Å²) in [4.78, 5) is 14.0. The van der Waals surface area contributed by atoms with Crippen molar-refractivity contribution in [1.29, 1.82) is 0 Å². The van der Waals surface area contributed by atoms with Crippen LogP contribution in [-0.2, 0) is 10.3 Å². The normalized spacial score (nSPS) is 22.8. The van der Waals surface area contributed by atoms with Crippen LogP contribution >= 0.6 is 0 Å². The topological polar surface area (TPSA) is 124 Å². The summed E-state index contributed by atoms with van der Waals surface area (Å²) in [6.07, 6.45) is 5.60. The number of hydrogen-bond donors (Lipinski definition) is 3. The van der Waals surface area contributed by atoms with Crippen LogP contribution in [0.3, 0.4) is 0 Å². The van der Waals surface area contributed by atoms with Gasteiger partial charge in [0.05, 0.1) is 26.0 Å². The lowest BCUT2D eigenvalue weighted by Gasteiger charge is -2.37. The number of terminal acetylenes is 1. The molecule has 0 spiro atoms. The van der Waals surface area contributed by atoms with Gasteiger partial charge in [-0.25, -0.2) is 9.37 Å². The quantitative estimate of drug-likeness (QED) is 0.148. The minimum Gasteiger partial charge on any atom is -0.497 e.